The number of hydrogen-bond acceptors (Lipinski definition) is 4. The van der Waals surface area contributed by atoms with Crippen LogP contribution >= 0.6 is 0 Å². The van der Waals surface area contributed by atoms with Crippen molar-refractivity contribution < 1.29 is 14.4 Å². The molecule has 1 aromatic rings. The van der Waals surface area contributed by atoms with E-state index in [-0.39, 0.29) is 6.54 Å². The first kappa shape index (κ1) is 10.3. The van der Waals surface area contributed by atoms with Gasteiger partial charge in [-0.05, 0) is 6.07 Å². The zero-order chi connectivity index (χ0) is 11.7. The third-order valence-electron chi connectivity index (χ3n) is 2.42. The zero-order valence-corrected chi connectivity index (χ0v) is 8.64. The first-order valence-corrected chi connectivity index (χ1v) is 4.73. The normalized spacial score (nSPS) is 15.8. The summed E-state index contributed by atoms with van der Waals surface area (Å²) in [6.07, 6.45) is 2.11. The number of imide groups is 2. The molecule has 0 bridgehead atoms. The lowest BCUT2D eigenvalue weighted by molar-refractivity contribution is -0.140. The number of rotatable bonds is 3. The fourth-order valence-corrected chi connectivity index (χ4v) is 1.51. The SMILES string of the molecule is Cn1nccc1CCN1C(=O)NC(=O)C1=O. The van der Waals surface area contributed by atoms with Crippen LogP contribution in [-0.2, 0) is 23.1 Å². The smallest absolute Gasteiger partial charge is 0.273 e. The molecule has 1 aliphatic rings. The molecule has 0 saturated carbocycles. The quantitative estimate of drug-likeness (QED) is 0.527. The van der Waals surface area contributed by atoms with Crippen molar-refractivity contribution in [3.05, 3.63) is 18.0 Å². The highest BCUT2D eigenvalue weighted by Crippen LogP contribution is 2.04. The molecule has 84 valence electrons. The highest BCUT2D eigenvalue weighted by atomic mass is 16.2. The van der Waals surface area contributed by atoms with Crippen LogP contribution in [-0.4, -0.2) is 39.1 Å². The average molecular weight is 222 g/mol. The number of aromatic nitrogens is 2. The number of nitrogens with one attached hydrogen (secondary N) is 1. The maximum atomic E-state index is 11.2. The van der Waals surface area contributed by atoms with Crippen molar-refractivity contribution in [2.75, 3.05) is 6.54 Å². The van der Waals surface area contributed by atoms with Crippen molar-refractivity contribution in [1.82, 2.24) is 20.0 Å². The Bertz CT molecular complexity index is 465. The number of carbonyl (C=O) groups excluding carboxylic acids is 3. The lowest BCUT2D eigenvalue weighted by Gasteiger charge is -2.10. The van der Waals surface area contributed by atoms with Gasteiger partial charge in [0.25, 0.3) is 0 Å². The third kappa shape index (κ3) is 1.67. The monoisotopic (exact) mass is 222 g/mol. The van der Waals surface area contributed by atoms with Crippen molar-refractivity contribution in [3.63, 3.8) is 0 Å². The fourth-order valence-electron chi connectivity index (χ4n) is 1.51. The number of hydrogen-bond donors (Lipinski definition) is 1. The second-order valence-electron chi connectivity index (χ2n) is 3.41. The van der Waals surface area contributed by atoms with Gasteiger partial charge in [-0.15, -0.1) is 0 Å². The Kier molecular flexibility index (Phi) is 2.43. The van der Waals surface area contributed by atoms with Gasteiger partial charge in [0.2, 0.25) is 0 Å². The minimum atomic E-state index is -0.866. The molecule has 1 saturated heterocycles. The van der Waals surface area contributed by atoms with Gasteiger partial charge in [-0.25, -0.2) is 4.79 Å². The van der Waals surface area contributed by atoms with Crippen molar-refractivity contribution in [1.29, 1.82) is 0 Å². The van der Waals surface area contributed by atoms with Gasteiger partial charge in [-0.1, -0.05) is 0 Å². The molecule has 2 rings (SSSR count). The van der Waals surface area contributed by atoms with E-state index in [2.05, 4.69) is 5.10 Å². The Hall–Kier alpha value is -2.18. The molecular formula is C9H10N4O3. The summed E-state index contributed by atoms with van der Waals surface area (Å²) in [6, 6.07) is 1.14. The number of carbonyl (C=O) groups is 3. The molecule has 7 heteroatoms. The van der Waals surface area contributed by atoms with Gasteiger partial charge in [0.05, 0.1) is 0 Å². The summed E-state index contributed by atoms with van der Waals surface area (Å²) in [5, 5.41) is 5.90. The first-order valence-electron chi connectivity index (χ1n) is 4.73. The van der Waals surface area contributed by atoms with E-state index in [0.717, 1.165) is 10.6 Å². The number of urea groups is 1. The maximum absolute atomic E-state index is 11.2. The molecule has 1 aliphatic heterocycles. The van der Waals surface area contributed by atoms with Gasteiger partial charge in [0, 0.05) is 31.9 Å². The van der Waals surface area contributed by atoms with E-state index >= 15 is 0 Å². The summed E-state index contributed by atoms with van der Waals surface area (Å²) in [7, 11) is 1.77. The van der Waals surface area contributed by atoms with Gasteiger partial charge in [-0.2, -0.15) is 5.10 Å². The van der Waals surface area contributed by atoms with Crippen molar-refractivity contribution in [2.45, 2.75) is 6.42 Å². The van der Waals surface area contributed by atoms with Crippen molar-refractivity contribution in [3.8, 4) is 0 Å². The largest absolute Gasteiger partial charge is 0.331 e. The minimum Gasteiger partial charge on any atom is -0.273 e. The van der Waals surface area contributed by atoms with E-state index in [0.29, 0.717) is 6.42 Å². The van der Waals surface area contributed by atoms with Gasteiger partial charge >= 0.3 is 17.8 Å². The molecule has 0 radical (unpaired) electrons. The molecule has 7 nitrogen and oxygen atoms in total. The fraction of sp³-hybridized carbons (Fsp3) is 0.333. The predicted molar refractivity (Wildman–Crippen MR) is 52.2 cm³/mol. The molecule has 0 aromatic carbocycles. The van der Waals surface area contributed by atoms with E-state index < -0.39 is 17.8 Å². The second-order valence-corrected chi connectivity index (χ2v) is 3.41. The van der Waals surface area contributed by atoms with Crippen LogP contribution in [0.1, 0.15) is 5.69 Å². The van der Waals surface area contributed by atoms with E-state index in [1.165, 1.54) is 0 Å². The molecule has 16 heavy (non-hydrogen) atoms. The van der Waals surface area contributed by atoms with Crippen molar-refractivity contribution >= 4 is 17.8 Å². The van der Waals surface area contributed by atoms with Crippen LogP contribution in [0.15, 0.2) is 12.3 Å². The standard InChI is InChI=1S/C9H10N4O3/c1-12-6(2-4-10-12)3-5-13-8(15)7(14)11-9(13)16/h2,4H,3,5H2,1H3,(H,11,14,16). The predicted octanol–water partition coefficient (Wildman–Crippen LogP) is -0.959. The second kappa shape index (κ2) is 3.76. The maximum Gasteiger partial charge on any atom is 0.331 e. The molecule has 2 heterocycles. The Morgan fingerprint density at radius 2 is 2.12 bits per heavy atom. The van der Waals surface area contributed by atoms with Gasteiger partial charge in [0.1, 0.15) is 0 Å². The van der Waals surface area contributed by atoms with Crippen LogP contribution in [0.5, 0.6) is 0 Å². The number of aryl methyl sites for hydroxylation is 1. The van der Waals surface area contributed by atoms with Crippen LogP contribution in [0.2, 0.25) is 0 Å². The average Bonchev–Trinajstić information content (AvgIpc) is 2.72. The molecule has 1 aromatic heterocycles. The van der Waals surface area contributed by atoms with Crippen LogP contribution in [0.4, 0.5) is 4.79 Å². The zero-order valence-electron chi connectivity index (χ0n) is 8.64. The topological polar surface area (TPSA) is 84.3 Å². The summed E-state index contributed by atoms with van der Waals surface area (Å²) in [5.41, 5.74) is 0.889. The highest BCUT2D eigenvalue weighted by Gasteiger charge is 2.36. The summed E-state index contributed by atoms with van der Waals surface area (Å²) < 4.78 is 1.65. The minimum absolute atomic E-state index is 0.177. The summed E-state index contributed by atoms with van der Waals surface area (Å²) in [6.45, 7) is 0.177. The highest BCUT2D eigenvalue weighted by molar-refractivity contribution is 6.44. The Balaban J connectivity index is 2.01. The first-order chi connectivity index (χ1) is 7.59. The van der Waals surface area contributed by atoms with E-state index in [1.807, 2.05) is 5.32 Å². The van der Waals surface area contributed by atoms with Crippen LogP contribution < -0.4 is 5.32 Å². The van der Waals surface area contributed by atoms with Gasteiger partial charge in [-0.3, -0.25) is 24.5 Å². The lowest BCUT2D eigenvalue weighted by atomic mass is 10.3. The summed E-state index contributed by atoms with van der Waals surface area (Å²) in [5.74, 6) is -1.66. The molecule has 4 amide bonds. The Labute approximate surface area is 91.0 Å². The summed E-state index contributed by atoms with van der Waals surface area (Å²) >= 11 is 0. The van der Waals surface area contributed by atoms with Crippen molar-refractivity contribution in [2.24, 2.45) is 7.05 Å². The summed E-state index contributed by atoms with van der Waals surface area (Å²) in [4.78, 5) is 34.2. The molecule has 0 atom stereocenters. The van der Waals surface area contributed by atoms with Gasteiger partial charge < -0.3 is 0 Å². The Morgan fingerprint density at radius 3 is 2.62 bits per heavy atom. The molecule has 1 N–H and O–H groups in total. The third-order valence-corrected chi connectivity index (χ3v) is 2.42. The Morgan fingerprint density at radius 1 is 1.38 bits per heavy atom. The number of amides is 4. The lowest BCUT2D eigenvalue weighted by Crippen LogP contribution is -2.33. The molecule has 0 unspecified atom stereocenters. The molecule has 1 fully saturated rings. The molecule has 0 aliphatic carbocycles. The van der Waals surface area contributed by atoms with E-state index in [4.69, 9.17) is 0 Å². The van der Waals surface area contributed by atoms with Crippen LogP contribution in [0.3, 0.4) is 0 Å². The van der Waals surface area contributed by atoms with Crippen LogP contribution in [0.25, 0.3) is 0 Å². The van der Waals surface area contributed by atoms with Crippen LogP contribution in [0, 0.1) is 0 Å². The number of nitrogens with zero attached hydrogens (tertiary/aromatic N) is 3. The molecule has 0 spiro atoms. The molecular weight excluding hydrogens is 212 g/mol. The van der Waals surface area contributed by atoms with E-state index in [9.17, 15) is 14.4 Å². The van der Waals surface area contributed by atoms with Gasteiger partial charge in [0.15, 0.2) is 0 Å². The van der Waals surface area contributed by atoms with E-state index in [1.54, 1.807) is 24.0 Å².